The number of hydrogen-bond donors (Lipinski definition) is 1. The Labute approximate surface area is 135 Å². The van der Waals surface area contributed by atoms with E-state index in [1.807, 2.05) is 32.0 Å². The van der Waals surface area contributed by atoms with Crippen LogP contribution in [0.3, 0.4) is 0 Å². The highest BCUT2D eigenvalue weighted by Crippen LogP contribution is 2.19. The van der Waals surface area contributed by atoms with Crippen molar-refractivity contribution < 1.29 is 9.53 Å². The van der Waals surface area contributed by atoms with Gasteiger partial charge in [-0.3, -0.25) is 14.5 Å². The molecule has 1 N–H and O–H groups in total. The third-order valence-corrected chi connectivity index (χ3v) is 4.19. The molecule has 1 aliphatic rings. The molecule has 0 radical (unpaired) electrons. The van der Waals surface area contributed by atoms with Crippen molar-refractivity contribution in [3.05, 3.63) is 47.5 Å². The summed E-state index contributed by atoms with van der Waals surface area (Å²) in [6.07, 6.45) is 4.47. The van der Waals surface area contributed by atoms with Gasteiger partial charge in [0.05, 0.1) is 24.9 Å². The summed E-state index contributed by atoms with van der Waals surface area (Å²) in [7, 11) is 0. The molecule has 0 aliphatic carbocycles. The Bertz CT molecular complexity index is 668. The molecular weight excluding hydrogens is 292 g/mol. The lowest BCUT2D eigenvalue weighted by atomic mass is 9.95. The van der Waals surface area contributed by atoms with Crippen LogP contribution in [0.25, 0.3) is 0 Å². The Balaban J connectivity index is 1.58. The number of amides is 1. The van der Waals surface area contributed by atoms with Crippen molar-refractivity contribution in [3.8, 4) is 0 Å². The average Bonchev–Trinajstić information content (AvgIpc) is 3.07. The molecule has 2 aromatic heterocycles. The standard InChI is InChI=1S/C17H22N4O2/c1-12-7-13(2)21(20-12)9-17(22)19-16-11-23-10-15(16)8-14-3-5-18-6-4-14/h3-7,15-16H,8-11H2,1-2H3,(H,19,22)/t15-,16+/m1/s1. The van der Waals surface area contributed by atoms with Crippen molar-refractivity contribution in [3.63, 3.8) is 0 Å². The molecule has 1 amide bonds. The number of nitrogens with one attached hydrogen (secondary N) is 1. The molecule has 0 unspecified atom stereocenters. The zero-order valence-corrected chi connectivity index (χ0v) is 13.5. The highest BCUT2D eigenvalue weighted by Gasteiger charge is 2.29. The molecule has 2 aromatic rings. The number of ether oxygens (including phenoxy) is 1. The minimum atomic E-state index is -0.0218. The number of carbonyl (C=O) groups is 1. The van der Waals surface area contributed by atoms with Gasteiger partial charge >= 0.3 is 0 Å². The van der Waals surface area contributed by atoms with Crippen LogP contribution in [0.5, 0.6) is 0 Å². The van der Waals surface area contributed by atoms with E-state index >= 15 is 0 Å². The summed E-state index contributed by atoms with van der Waals surface area (Å²) in [5.74, 6) is 0.272. The maximum absolute atomic E-state index is 12.3. The summed E-state index contributed by atoms with van der Waals surface area (Å²) in [5, 5.41) is 7.42. The molecule has 6 nitrogen and oxygen atoms in total. The minimum absolute atomic E-state index is 0.0218. The first-order chi connectivity index (χ1) is 11.1. The number of nitrogens with zero attached hydrogens (tertiary/aromatic N) is 3. The SMILES string of the molecule is Cc1cc(C)n(CC(=O)N[C@H]2COC[C@H]2Cc2ccncc2)n1. The summed E-state index contributed by atoms with van der Waals surface area (Å²) in [5.41, 5.74) is 3.14. The third kappa shape index (κ3) is 3.96. The maximum atomic E-state index is 12.3. The molecule has 3 rings (SSSR count). The van der Waals surface area contributed by atoms with Crippen molar-refractivity contribution in [1.82, 2.24) is 20.1 Å². The van der Waals surface area contributed by atoms with Crippen molar-refractivity contribution in [2.45, 2.75) is 32.9 Å². The van der Waals surface area contributed by atoms with Crippen LogP contribution in [-0.2, 0) is 22.5 Å². The molecule has 2 atom stereocenters. The first-order valence-electron chi connectivity index (χ1n) is 7.89. The fourth-order valence-corrected chi connectivity index (χ4v) is 3.00. The van der Waals surface area contributed by atoms with Crippen LogP contribution in [0.1, 0.15) is 17.0 Å². The van der Waals surface area contributed by atoms with E-state index in [1.54, 1.807) is 17.1 Å². The first kappa shape index (κ1) is 15.7. The van der Waals surface area contributed by atoms with Crippen molar-refractivity contribution in [1.29, 1.82) is 0 Å². The predicted octanol–water partition coefficient (Wildman–Crippen LogP) is 1.27. The normalized spacial score (nSPS) is 20.6. The molecular formula is C17H22N4O2. The van der Waals surface area contributed by atoms with E-state index in [0.717, 1.165) is 17.8 Å². The summed E-state index contributed by atoms with van der Waals surface area (Å²) in [4.78, 5) is 16.3. The monoisotopic (exact) mass is 314 g/mol. The lowest BCUT2D eigenvalue weighted by Crippen LogP contribution is -2.42. The Morgan fingerprint density at radius 2 is 2.13 bits per heavy atom. The van der Waals surface area contributed by atoms with Gasteiger partial charge in [-0.05, 0) is 44.0 Å². The molecule has 0 spiro atoms. The number of aryl methyl sites for hydroxylation is 2. The zero-order valence-electron chi connectivity index (χ0n) is 13.5. The van der Waals surface area contributed by atoms with Crippen molar-refractivity contribution >= 4 is 5.91 Å². The summed E-state index contributed by atoms with van der Waals surface area (Å²) < 4.78 is 7.30. The van der Waals surface area contributed by atoms with Gasteiger partial charge in [-0.15, -0.1) is 0 Å². The highest BCUT2D eigenvalue weighted by atomic mass is 16.5. The summed E-state index contributed by atoms with van der Waals surface area (Å²) >= 11 is 0. The zero-order chi connectivity index (χ0) is 16.2. The fourth-order valence-electron chi connectivity index (χ4n) is 3.00. The lowest BCUT2D eigenvalue weighted by Gasteiger charge is -2.19. The van der Waals surface area contributed by atoms with Gasteiger partial charge in [-0.2, -0.15) is 5.10 Å². The molecule has 1 fully saturated rings. The molecule has 0 saturated carbocycles. The van der Waals surface area contributed by atoms with Gasteiger partial charge in [-0.1, -0.05) is 0 Å². The van der Waals surface area contributed by atoms with E-state index < -0.39 is 0 Å². The van der Waals surface area contributed by atoms with Gasteiger partial charge in [0, 0.05) is 24.0 Å². The number of pyridine rings is 1. The Kier molecular flexibility index (Phi) is 4.71. The van der Waals surface area contributed by atoms with E-state index in [4.69, 9.17) is 4.74 Å². The van der Waals surface area contributed by atoms with Crippen LogP contribution in [0.15, 0.2) is 30.6 Å². The number of hydrogen-bond acceptors (Lipinski definition) is 4. The van der Waals surface area contributed by atoms with E-state index in [1.165, 1.54) is 5.56 Å². The van der Waals surface area contributed by atoms with Crippen LogP contribution >= 0.6 is 0 Å². The largest absolute Gasteiger partial charge is 0.379 e. The number of carbonyl (C=O) groups excluding carboxylic acids is 1. The van der Waals surface area contributed by atoms with Crippen LogP contribution < -0.4 is 5.32 Å². The van der Waals surface area contributed by atoms with E-state index in [-0.39, 0.29) is 18.5 Å². The molecule has 1 aliphatic heterocycles. The van der Waals surface area contributed by atoms with E-state index in [2.05, 4.69) is 15.4 Å². The van der Waals surface area contributed by atoms with Crippen molar-refractivity contribution in [2.75, 3.05) is 13.2 Å². The second-order valence-electron chi connectivity index (χ2n) is 6.12. The highest BCUT2D eigenvalue weighted by molar-refractivity contribution is 5.76. The quantitative estimate of drug-likeness (QED) is 0.902. The Morgan fingerprint density at radius 3 is 2.83 bits per heavy atom. The van der Waals surface area contributed by atoms with Gasteiger partial charge in [-0.25, -0.2) is 0 Å². The maximum Gasteiger partial charge on any atom is 0.242 e. The van der Waals surface area contributed by atoms with Gasteiger partial charge in [0.1, 0.15) is 6.54 Å². The molecule has 0 aromatic carbocycles. The predicted molar refractivity (Wildman–Crippen MR) is 85.9 cm³/mol. The Hall–Kier alpha value is -2.21. The van der Waals surface area contributed by atoms with E-state index in [9.17, 15) is 4.79 Å². The van der Waals surface area contributed by atoms with Crippen LogP contribution in [0, 0.1) is 19.8 Å². The molecule has 23 heavy (non-hydrogen) atoms. The second kappa shape index (κ2) is 6.91. The van der Waals surface area contributed by atoms with Gasteiger partial charge in [0.15, 0.2) is 0 Å². The third-order valence-electron chi connectivity index (χ3n) is 4.19. The smallest absolute Gasteiger partial charge is 0.242 e. The number of aromatic nitrogens is 3. The lowest BCUT2D eigenvalue weighted by molar-refractivity contribution is -0.122. The summed E-state index contributed by atoms with van der Waals surface area (Å²) in [6.45, 7) is 5.37. The minimum Gasteiger partial charge on any atom is -0.379 e. The average molecular weight is 314 g/mol. The number of rotatable bonds is 5. The second-order valence-corrected chi connectivity index (χ2v) is 6.12. The van der Waals surface area contributed by atoms with Crippen molar-refractivity contribution in [2.24, 2.45) is 5.92 Å². The van der Waals surface area contributed by atoms with Gasteiger partial charge in [0.2, 0.25) is 5.91 Å². The van der Waals surface area contributed by atoms with Crippen LogP contribution in [-0.4, -0.2) is 39.9 Å². The molecule has 1 saturated heterocycles. The van der Waals surface area contributed by atoms with Crippen LogP contribution in [0.2, 0.25) is 0 Å². The molecule has 0 bridgehead atoms. The molecule has 122 valence electrons. The van der Waals surface area contributed by atoms with Crippen LogP contribution in [0.4, 0.5) is 0 Å². The van der Waals surface area contributed by atoms with E-state index in [0.29, 0.717) is 19.1 Å². The first-order valence-corrected chi connectivity index (χ1v) is 7.89. The topological polar surface area (TPSA) is 69.0 Å². The molecule has 3 heterocycles. The van der Waals surface area contributed by atoms with Gasteiger partial charge < -0.3 is 10.1 Å². The Morgan fingerprint density at radius 1 is 1.35 bits per heavy atom. The summed E-state index contributed by atoms with van der Waals surface area (Å²) in [6, 6.07) is 6.03. The fraction of sp³-hybridized carbons (Fsp3) is 0.471. The molecule has 6 heteroatoms. The van der Waals surface area contributed by atoms with Gasteiger partial charge in [0.25, 0.3) is 0 Å².